The zero-order valence-corrected chi connectivity index (χ0v) is 33.9. The van der Waals surface area contributed by atoms with Crippen molar-refractivity contribution in [1.82, 2.24) is 19.6 Å². The Balaban J connectivity index is 0.000000471. The van der Waals surface area contributed by atoms with Crippen molar-refractivity contribution >= 4 is 29.4 Å². The molecule has 0 spiro atoms. The van der Waals surface area contributed by atoms with E-state index < -0.39 is 11.7 Å². The molecule has 52 heavy (non-hydrogen) atoms. The van der Waals surface area contributed by atoms with Crippen molar-refractivity contribution in [2.45, 2.75) is 136 Å². The Morgan fingerprint density at radius 2 is 1.79 bits per heavy atom. The molecule has 2 N–H and O–H groups in total. The van der Waals surface area contributed by atoms with E-state index in [1.807, 2.05) is 11.0 Å². The number of nitrogens with zero attached hydrogens (tertiary/aromatic N) is 4. The van der Waals surface area contributed by atoms with Crippen LogP contribution in [-0.4, -0.2) is 53.6 Å². The van der Waals surface area contributed by atoms with Gasteiger partial charge >= 0.3 is 0 Å². The van der Waals surface area contributed by atoms with E-state index in [0.29, 0.717) is 36.9 Å². The number of alkyl halides is 2. The zero-order valence-electron chi connectivity index (χ0n) is 33.1. The number of allylic oxidation sites excluding steroid dienone is 1. The van der Waals surface area contributed by atoms with Gasteiger partial charge in [0.2, 0.25) is 5.95 Å². The lowest BCUT2D eigenvalue weighted by molar-refractivity contribution is 0.0172. The number of likely N-dealkylation sites (tertiary alicyclic amines) is 1. The van der Waals surface area contributed by atoms with Crippen molar-refractivity contribution < 1.29 is 17.6 Å². The molecule has 1 aromatic carbocycles. The van der Waals surface area contributed by atoms with Crippen molar-refractivity contribution in [3.05, 3.63) is 47.7 Å². The second kappa shape index (κ2) is 22.1. The minimum atomic E-state index is -3.08. The highest BCUT2D eigenvalue weighted by atomic mass is 32.2. The van der Waals surface area contributed by atoms with Crippen LogP contribution in [0.2, 0.25) is 0 Å². The van der Waals surface area contributed by atoms with Crippen LogP contribution in [0.3, 0.4) is 0 Å². The van der Waals surface area contributed by atoms with E-state index in [9.17, 15) is 13.2 Å². The van der Waals surface area contributed by atoms with E-state index in [2.05, 4.69) is 66.4 Å². The molecular formula is C41H66F4N6S. The molecule has 3 heterocycles. The predicted molar refractivity (Wildman–Crippen MR) is 212 cm³/mol. The molecule has 2 aliphatic rings. The first kappa shape index (κ1) is 44.0. The van der Waals surface area contributed by atoms with Gasteiger partial charge in [-0.25, -0.2) is 22.5 Å². The van der Waals surface area contributed by atoms with Crippen LogP contribution >= 0.6 is 11.9 Å². The first-order chi connectivity index (χ1) is 24.7. The van der Waals surface area contributed by atoms with Crippen LogP contribution in [0.25, 0.3) is 0 Å². The third-order valence-electron chi connectivity index (χ3n) is 10.5. The molecule has 0 radical (unpaired) electrons. The fourth-order valence-corrected chi connectivity index (χ4v) is 7.87. The van der Waals surface area contributed by atoms with E-state index in [4.69, 9.17) is 0 Å². The summed E-state index contributed by atoms with van der Waals surface area (Å²) in [6.07, 6.45) is 14.4. The third-order valence-corrected chi connectivity index (χ3v) is 11.4. The molecule has 2 aromatic rings. The number of piperidine rings is 2. The molecule has 0 bridgehead atoms. The Labute approximate surface area is 316 Å². The number of aromatic nitrogens is 2. The standard InChI is InChI=1S/C30H46F3N5S.C11H20FN/c1-7-10-21(4)16-23(15-20(3)8-2)37-39-24-12-13-27(26(31)17-24)35-29-34-18-25(30(6,32)33)28(36-29)38-14-9-11-22(5)19-38;1-3-11-5-8-13(9-6-11)7-4-10(2)12/h12-13,17-18,20-23,37H,7-11,14-16,19H2,1-6H3,(H,34,35,36);4,11H,3,5-9H2,1-2H3/b;10-4+. The summed E-state index contributed by atoms with van der Waals surface area (Å²) in [5.41, 5.74) is 0.00156. The number of nitrogens with one attached hydrogen (secondary N) is 2. The molecule has 6 nitrogen and oxygen atoms in total. The van der Waals surface area contributed by atoms with Gasteiger partial charge in [-0.2, -0.15) is 4.98 Å². The van der Waals surface area contributed by atoms with Crippen LogP contribution in [0.15, 0.2) is 41.2 Å². The lowest BCUT2D eigenvalue weighted by Gasteiger charge is -2.33. The summed E-state index contributed by atoms with van der Waals surface area (Å²) in [6, 6.07) is 5.34. The van der Waals surface area contributed by atoms with Crippen molar-refractivity contribution in [3.63, 3.8) is 0 Å². The summed E-state index contributed by atoms with van der Waals surface area (Å²) in [5.74, 6) is -0.702. The van der Waals surface area contributed by atoms with Gasteiger partial charge in [0.25, 0.3) is 5.92 Å². The molecule has 4 atom stereocenters. The average molecular weight is 751 g/mol. The smallest absolute Gasteiger partial charge is 0.275 e. The Hall–Kier alpha value is -2.37. The van der Waals surface area contributed by atoms with E-state index >= 15 is 4.39 Å². The monoisotopic (exact) mass is 751 g/mol. The zero-order chi connectivity index (χ0) is 38.3. The van der Waals surface area contributed by atoms with Gasteiger partial charge in [0.15, 0.2) is 0 Å². The summed E-state index contributed by atoms with van der Waals surface area (Å²) in [4.78, 5) is 13.5. The lowest BCUT2D eigenvalue weighted by Crippen LogP contribution is -2.36. The lowest BCUT2D eigenvalue weighted by atomic mass is 9.91. The summed E-state index contributed by atoms with van der Waals surface area (Å²) in [7, 11) is 0. The molecule has 11 heteroatoms. The number of rotatable bonds is 17. The van der Waals surface area contributed by atoms with E-state index in [0.717, 1.165) is 75.7 Å². The molecule has 0 saturated carbocycles. The van der Waals surface area contributed by atoms with Gasteiger partial charge in [0.05, 0.1) is 17.1 Å². The fraction of sp³-hybridized carbons (Fsp3) is 0.707. The van der Waals surface area contributed by atoms with Gasteiger partial charge in [-0.15, -0.1) is 0 Å². The van der Waals surface area contributed by atoms with Gasteiger partial charge in [0, 0.05) is 43.7 Å². The van der Waals surface area contributed by atoms with Crippen molar-refractivity contribution in [2.24, 2.45) is 23.7 Å². The molecule has 1 aromatic heterocycles. The van der Waals surface area contributed by atoms with Crippen molar-refractivity contribution in [3.8, 4) is 0 Å². The summed E-state index contributed by atoms with van der Waals surface area (Å²) in [6.45, 7) is 20.1. The summed E-state index contributed by atoms with van der Waals surface area (Å²) in [5, 5.41) is 2.91. The highest BCUT2D eigenvalue weighted by Gasteiger charge is 2.33. The maximum absolute atomic E-state index is 15.1. The van der Waals surface area contributed by atoms with Gasteiger partial charge in [0.1, 0.15) is 11.6 Å². The topological polar surface area (TPSA) is 56.3 Å². The van der Waals surface area contributed by atoms with E-state index in [1.165, 1.54) is 57.0 Å². The Morgan fingerprint density at radius 1 is 1.08 bits per heavy atom. The molecule has 2 aliphatic heterocycles. The van der Waals surface area contributed by atoms with Crippen molar-refractivity contribution in [2.75, 3.05) is 42.9 Å². The first-order valence-electron chi connectivity index (χ1n) is 19.8. The van der Waals surface area contributed by atoms with Crippen LogP contribution < -0.4 is 14.9 Å². The number of benzene rings is 1. The molecule has 2 saturated heterocycles. The molecule has 0 amide bonds. The van der Waals surface area contributed by atoms with Crippen LogP contribution in [0.1, 0.15) is 125 Å². The van der Waals surface area contributed by atoms with Gasteiger partial charge in [-0.05, 0) is 118 Å². The molecule has 4 unspecified atom stereocenters. The highest BCUT2D eigenvalue weighted by Crippen LogP contribution is 2.36. The third kappa shape index (κ3) is 15.2. The molecule has 294 valence electrons. The SMILES string of the molecule is CCC1CCN(C/C=C(\C)F)CC1.CCCC(C)CC(CC(C)CC)NSc1ccc(Nc2ncc(C(C)(F)F)c(N3CCCC(C)C3)n2)c(F)c1. The summed E-state index contributed by atoms with van der Waals surface area (Å²) >= 11 is 1.46. The molecule has 4 rings (SSSR count). The van der Waals surface area contributed by atoms with Crippen LogP contribution in [-0.2, 0) is 5.92 Å². The number of anilines is 3. The van der Waals surface area contributed by atoms with E-state index in [-0.39, 0.29) is 28.8 Å². The fourth-order valence-electron chi connectivity index (χ4n) is 7.07. The largest absolute Gasteiger partial charge is 0.356 e. The quantitative estimate of drug-likeness (QED) is 0.123. The van der Waals surface area contributed by atoms with Gasteiger partial charge in [-0.3, -0.25) is 9.62 Å². The second-order valence-electron chi connectivity index (χ2n) is 15.5. The number of halogens is 4. The summed E-state index contributed by atoms with van der Waals surface area (Å²) < 4.78 is 59.9. The molecule has 2 fully saturated rings. The van der Waals surface area contributed by atoms with Crippen LogP contribution in [0, 0.1) is 29.5 Å². The van der Waals surface area contributed by atoms with Gasteiger partial charge in [-0.1, -0.05) is 67.2 Å². The maximum atomic E-state index is 15.1. The second-order valence-corrected chi connectivity index (χ2v) is 16.4. The number of hydrogen-bond acceptors (Lipinski definition) is 7. The first-order valence-corrected chi connectivity index (χ1v) is 20.6. The minimum absolute atomic E-state index is 0.0578. The Bertz CT molecular complexity index is 1360. The predicted octanol–water partition coefficient (Wildman–Crippen LogP) is 11.9. The van der Waals surface area contributed by atoms with Gasteiger partial charge < -0.3 is 10.2 Å². The Morgan fingerprint density at radius 3 is 2.38 bits per heavy atom. The minimum Gasteiger partial charge on any atom is -0.356 e. The van der Waals surface area contributed by atoms with E-state index in [1.54, 1.807) is 12.1 Å². The van der Waals surface area contributed by atoms with Crippen LogP contribution in [0.4, 0.5) is 35.0 Å². The molecular weight excluding hydrogens is 685 g/mol. The normalized spacial score (nSPS) is 19.5. The van der Waals surface area contributed by atoms with Crippen LogP contribution in [0.5, 0.6) is 0 Å². The number of hydrogen-bond donors (Lipinski definition) is 2. The molecule has 0 aliphatic carbocycles. The average Bonchev–Trinajstić information content (AvgIpc) is 3.10. The Kier molecular flexibility index (Phi) is 18.7. The maximum Gasteiger partial charge on any atom is 0.275 e. The van der Waals surface area contributed by atoms with Crippen molar-refractivity contribution in [1.29, 1.82) is 0 Å². The highest BCUT2D eigenvalue weighted by molar-refractivity contribution is 7.97.